The van der Waals surface area contributed by atoms with Gasteiger partial charge >= 0.3 is 5.76 Å². The minimum Gasteiger partial charge on any atom is -0.396 e. The van der Waals surface area contributed by atoms with Crippen molar-refractivity contribution in [2.75, 3.05) is 13.2 Å². The first-order valence-corrected chi connectivity index (χ1v) is 7.99. The molecule has 0 radical (unpaired) electrons. The molecule has 22 heavy (non-hydrogen) atoms. The molecule has 0 fully saturated rings. The van der Waals surface area contributed by atoms with E-state index >= 15 is 0 Å². The lowest BCUT2D eigenvalue weighted by molar-refractivity contribution is 0.0940. The van der Waals surface area contributed by atoms with Gasteiger partial charge in [-0.3, -0.25) is 4.79 Å². The number of hydrogen-bond acceptors (Lipinski definition) is 4. The molecule has 0 saturated carbocycles. The van der Waals surface area contributed by atoms with Crippen molar-refractivity contribution in [2.24, 2.45) is 5.92 Å². The number of aliphatic hydroxyl groups is 1. The fraction of sp³-hybridized carbons (Fsp3) is 0.357. The molecule has 8 heteroatoms. The molecule has 0 aromatic heterocycles. The number of amides is 1. The number of hydrogen-bond donors (Lipinski definition) is 2. The van der Waals surface area contributed by atoms with E-state index in [9.17, 15) is 22.0 Å². The molecule has 1 aromatic rings. The highest BCUT2D eigenvalue weighted by atomic mass is 32.2. The molecule has 0 aliphatic rings. The number of halogens is 2. The maximum Gasteiger partial charge on any atom is 0.341 e. The molecule has 1 aromatic carbocycles. The van der Waals surface area contributed by atoms with Gasteiger partial charge in [-0.1, -0.05) is 6.08 Å². The fourth-order valence-electron chi connectivity index (χ4n) is 1.70. The normalized spacial score (nSPS) is 12.9. The molecule has 0 aliphatic heterocycles. The van der Waals surface area contributed by atoms with Crippen molar-refractivity contribution < 1.29 is 27.1 Å². The van der Waals surface area contributed by atoms with Crippen LogP contribution in [0.15, 0.2) is 41.8 Å². The zero-order chi connectivity index (χ0) is 16.8. The van der Waals surface area contributed by atoms with E-state index in [4.69, 9.17) is 5.11 Å². The van der Waals surface area contributed by atoms with Crippen molar-refractivity contribution in [3.8, 4) is 0 Å². The Labute approximate surface area is 127 Å². The molecule has 122 valence electrons. The van der Waals surface area contributed by atoms with Crippen molar-refractivity contribution in [3.63, 3.8) is 0 Å². The lowest BCUT2D eigenvalue weighted by Gasteiger charge is -2.13. The van der Waals surface area contributed by atoms with E-state index in [0.717, 1.165) is 24.3 Å². The largest absolute Gasteiger partial charge is 0.396 e. The molecule has 1 atom stereocenters. The number of nitrogens with one attached hydrogen (secondary N) is 1. The molecule has 2 N–H and O–H groups in total. The molecule has 0 spiro atoms. The highest BCUT2D eigenvalue weighted by Gasteiger charge is 2.26. The summed E-state index contributed by atoms with van der Waals surface area (Å²) in [5.41, 5.74) is 0.142. The molecular weight excluding hydrogens is 316 g/mol. The molecule has 1 rings (SSSR count). The molecule has 0 aliphatic carbocycles. The van der Waals surface area contributed by atoms with Gasteiger partial charge < -0.3 is 10.4 Å². The van der Waals surface area contributed by atoms with Gasteiger partial charge in [0.15, 0.2) is 0 Å². The van der Waals surface area contributed by atoms with Gasteiger partial charge in [0.2, 0.25) is 9.84 Å². The summed E-state index contributed by atoms with van der Waals surface area (Å²) in [6, 6.07) is 4.24. The van der Waals surface area contributed by atoms with Crippen molar-refractivity contribution in [2.45, 2.75) is 17.1 Å². The SMILES string of the molecule is C=CC[C@@H](CO)CNC(=O)c1ccc(S(=O)(=O)C(F)F)cc1. The number of benzene rings is 1. The van der Waals surface area contributed by atoms with E-state index < -0.39 is 26.4 Å². The van der Waals surface area contributed by atoms with Crippen molar-refractivity contribution in [1.82, 2.24) is 5.32 Å². The summed E-state index contributed by atoms with van der Waals surface area (Å²) in [6.07, 6.45) is 2.15. The Hall–Kier alpha value is -1.80. The lowest BCUT2D eigenvalue weighted by Crippen LogP contribution is -2.30. The lowest BCUT2D eigenvalue weighted by atomic mass is 10.1. The summed E-state index contributed by atoms with van der Waals surface area (Å²) in [5.74, 6) is -4.15. The molecule has 0 unspecified atom stereocenters. The van der Waals surface area contributed by atoms with Crippen LogP contribution >= 0.6 is 0 Å². The van der Waals surface area contributed by atoms with E-state index in [2.05, 4.69) is 11.9 Å². The Morgan fingerprint density at radius 1 is 1.32 bits per heavy atom. The van der Waals surface area contributed by atoms with Gasteiger partial charge in [-0.25, -0.2) is 8.42 Å². The predicted molar refractivity (Wildman–Crippen MR) is 77.4 cm³/mol. The summed E-state index contributed by atoms with van der Waals surface area (Å²) in [4.78, 5) is 11.3. The quantitative estimate of drug-likeness (QED) is 0.708. The number of carbonyl (C=O) groups excluding carboxylic acids is 1. The Kier molecular flexibility index (Phi) is 6.63. The first-order valence-electron chi connectivity index (χ1n) is 6.45. The molecule has 0 heterocycles. The summed E-state index contributed by atoms with van der Waals surface area (Å²) >= 11 is 0. The second kappa shape index (κ2) is 8.00. The van der Waals surface area contributed by atoms with Gasteiger partial charge in [0, 0.05) is 24.6 Å². The van der Waals surface area contributed by atoms with Crippen LogP contribution in [0.1, 0.15) is 16.8 Å². The van der Waals surface area contributed by atoms with Gasteiger partial charge in [0.25, 0.3) is 5.91 Å². The maximum atomic E-state index is 12.4. The molecule has 0 saturated heterocycles. The second-order valence-corrected chi connectivity index (χ2v) is 6.53. The number of allylic oxidation sites excluding steroid dienone is 1. The number of aliphatic hydroxyl groups excluding tert-OH is 1. The second-order valence-electron chi connectivity index (χ2n) is 4.61. The van der Waals surface area contributed by atoms with E-state index in [1.165, 1.54) is 0 Å². The standard InChI is InChI=1S/C14H17F2NO4S/c1-2-3-10(9-18)8-17-13(19)11-4-6-12(7-5-11)22(20,21)14(15)16/h2,4-7,10,14,18H,1,3,8-9H2,(H,17,19)/t10-/m1/s1. The third kappa shape index (κ3) is 4.60. The van der Waals surface area contributed by atoms with Crippen LogP contribution in [0.2, 0.25) is 0 Å². The van der Waals surface area contributed by atoms with Gasteiger partial charge in [0.05, 0.1) is 4.90 Å². The van der Waals surface area contributed by atoms with Crippen LogP contribution < -0.4 is 5.32 Å². The van der Waals surface area contributed by atoms with Crippen LogP contribution in [0.5, 0.6) is 0 Å². The smallest absolute Gasteiger partial charge is 0.341 e. The third-order valence-electron chi connectivity index (χ3n) is 2.99. The van der Waals surface area contributed by atoms with Gasteiger partial charge in [0.1, 0.15) is 0 Å². The van der Waals surface area contributed by atoms with E-state index in [1.807, 2.05) is 0 Å². The van der Waals surface area contributed by atoms with E-state index in [1.54, 1.807) is 6.08 Å². The molecule has 0 bridgehead atoms. The van der Waals surface area contributed by atoms with E-state index in [-0.39, 0.29) is 24.6 Å². The number of alkyl halides is 2. The van der Waals surface area contributed by atoms with Crippen molar-refractivity contribution in [1.29, 1.82) is 0 Å². The molecule has 5 nitrogen and oxygen atoms in total. The molecular formula is C14H17F2NO4S. The average molecular weight is 333 g/mol. The van der Waals surface area contributed by atoms with Crippen LogP contribution in [0.25, 0.3) is 0 Å². The zero-order valence-corrected chi connectivity index (χ0v) is 12.5. The van der Waals surface area contributed by atoms with Crippen LogP contribution in [0.3, 0.4) is 0 Å². The highest BCUT2D eigenvalue weighted by molar-refractivity contribution is 7.91. The van der Waals surface area contributed by atoms with E-state index in [0.29, 0.717) is 6.42 Å². The predicted octanol–water partition coefficient (Wildman–Crippen LogP) is 1.60. The highest BCUT2D eigenvalue weighted by Crippen LogP contribution is 2.18. The monoisotopic (exact) mass is 333 g/mol. The van der Waals surface area contributed by atoms with Crippen LogP contribution in [-0.4, -0.2) is 38.3 Å². The van der Waals surface area contributed by atoms with Gasteiger partial charge in [-0.05, 0) is 30.7 Å². The minimum absolute atomic E-state index is 0.113. The fourth-order valence-corrected chi connectivity index (χ4v) is 2.42. The summed E-state index contributed by atoms with van der Waals surface area (Å²) in [7, 11) is -4.67. The van der Waals surface area contributed by atoms with Crippen LogP contribution in [0.4, 0.5) is 8.78 Å². The van der Waals surface area contributed by atoms with Crippen LogP contribution in [-0.2, 0) is 9.84 Å². The van der Waals surface area contributed by atoms with Crippen molar-refractivity contribution >= 4 is 15.7 Å². The first-order chi connectivity index (χ1) is 10.3. The third-order valence-corrected chi connectivity index (χ3v) is 4.39. The number of sulfone groups is 1. The summed E-state index contributed by atoms with van der Waals surface area (Å²) < 4.78 is 47.3. The first kappa shape index (κ1) is 18.2. The van der Waals surface area contributed by atoms with Gasteiger partial charge in [-0.15, -0.1) is 6.58 Å². The topological polar surface area (TPSA) is 83.5 Å². The maximum absolute atomic E-state index is 12.4. The Bertz CT molecular complexity index is 614. The van der Waals surface area contributed by atoms with Crippen molar-refractivity contribution in [3.05, 3.63) is 42.5 Å². The molecule has 1 amide bonds. The minimum atomic E-state index is -4.67. The Morgan fingerprint density at radius 2 is 1.91 bits per heavy atom. The Morgan fingerprint density at radius 3 is 2.36 bits per heavy atom. The number of carbonyl (C=O) groups is 1. The Balaban J connectivity index is 2.74. The number of rotatable bonds is 8. The van der Waals surface area contributed by atoms with Gasteiger partial charge in [-0.2, -0.15) is 8.78 Å². The summed E-state index contributed by atoms with van der Waals surface area (Å²) in [6.45, 7) is 3.65. The summed E-state index contributed by atoms with van der Waals surface area (Å²) in [5, 5.41) is 11.7. The average Bonchev–Trinajstić information content (AvgIpc) is 2.51. The zero-order valence-electron chi connectivity index (χ0n) is 11.7. The van der Waals surface area contributed by atoms with Crippen LogP contribution in [0, 0.1) is 5.92 Å².